The highest BCUT2D eigenvalue weighted by atomic mass is 16.4. The second-order valence-corrected chi connectivity index (χ2v) is 3.51. The van der Waals surface area contributed by atoms with Crippen molar-refractivity contribution in [3.63, 3.8) is 0 Å². The first-order chi connectivity index (χ1) is 7.99. The number of carboxylic acids is 1. The Kier molecular flexibility index (Phi) is 3.98. The van der Waals surface area contributed by atoms with Gasteiger partial charge in [0.05, 0.1) is 5.56 Å². The first-order valence-electron chi connectivity index (χ1n) is 5.17. The van der Waals surface area contributed by atoms with Gasteiger partial charge in [0.15, 0.2) is 5.78 Å². The molecule has 5 heteroatoms. The lowest BCUT2D eigenvalue weighted by Gasteiger charge is -2.07. The van der Waals surface area contributed by atoms with Crippen LogP contribution in [0.25, 0.3) is 0 Å². The third-order valence-electron chi connectivity index (χ3n) is 2.36. The zero-order valence-corrected chi connectivity index (χ0v) is 9.70. The van der Waals surface area contributed by atoms with Crippen LogP contribution in [0.5, 0.6) is 0 Å². The molecule has 0 radical (unpaired) electrons. The molecule has 0 heterocycles. The molecule has 17 heavy (non-hydrogen) atoms. The molecular weight excluding hydrogens is 220 g/mol. The van der Waals surface area contributed by atoms with Crippen molar-refractivity contribution in [3.8, 4) is 0 Å². The fraction of sp³-hybridized carbons (Fsp3) is 0.250. The lowest BCUT2D eigenvalue weighted by atomic mass is 10.0. The summed E-state index contributed by atoms with van der Waals surface area (Å²) >= 11 is 0. The van der Waals surface area contributed by atoms with Crippen LogP contribution in [0.4, 0.5) is 5.69 Å². The molecule has 1 rings (SSSR count). The highest BCUT2D eigenvalue weighted by Crippen LogP contribution is 2.16. The van der Waals surface area contributed by atoms with Crippen LogP contribution in [0.1, 0.15) is 29.3 Å². The van der Waals surface area contributed by atoms with E-state index in [1.807, 2.05) is 0 Å². The normalized spacial score (nSPS) is 9.76. The molecule has 0 bridgehead atoms. The number of hydrogen-bond acceptors (Lipinski definition) is 4. The van der Waals surface area contributed by atoms with Gasteiger partial charge in [0.2, 0.25) is 0 Å². The van der Waals surface area contributed by atoms with Crippen LogP contribution in [0.3, 0.4) is 0 Å². The molecular formula is C12H14N2O3. The average molecular weight is 234 g/mol. The number of nitrogens with one attached hydrogen (secondary N) is 2. The largest absolute Gasteiger partial charge is 0.478 e. The number of Topliss-reactive ketones (excluding diaryl/α,β-unsaturated/α-hetero) is 1. The average Bonchev–Trinajstić information content (AvgIpc) is 2.36. The van der Waals surface area contributed by atoms with Crippen molar-refractivity contribution in [2.75, 3.05) is 12.4 Å². The summed E-state index contributed by atoms with van der Waals surface area (Å²) in [6.45, 7) is 1.66. The molecule has 0 spiro atoms. The summed E-state index contributed by atoms with van der Waals surface area (Å²) in [5, 5.41) is 19.4. The molecule has 0 aliphatic heterocycles. The Balaban J connectivity index is 3.24. The second-order valence-electron chi connectivity index (χ2n) is 3.51. The van der Waals surface area contributed by atoms with E-state index in [9.17, 15) is 9.59 Å². The maximum atomic E-state index is 11.4. The molecule has 0 unspecified atom stereocenters. The van der Waals surface area contributed by atoms with Crippen molar-refractivity contribution in [2.24, 2.45) is 0 Å². The maximum absolute atomic E-state index is 11.4. The van der Waals surface area contributed by atoms with Gasteiger partial charge in [0.1, 0.15) is 5.71 Å². The van der Waals surface area contributed by atoms with Gasteiger partial charge >= 0.3 is 5.97 Å². The third-order valence-corrected chi connectivity index (χ3v) is 2.36. The van der Waals surface area contributed by atoms with Crippen LogP contribution in [0, 0.1) is 5.41 Å². The summed E-state index contributed by atoms with van der Waals surface area (Å²) in [5.41, 5.74) is 0.780. The van der Waals surface area contributed by atoms with E-state index in [1.54, 1.807) is 20.0 Å². The molecule has 0 fully saturated rings. The molecule has 0 amide bonds. The number of carbonyl (C=O) groups excluding carboxylic acids is 1. The molecule has 90 valence electrons. The number of anilines is 1. The maximum Gasteiger partial charge on any atom is 0.335 e. The van der Waals surface area contributed by atoms with Crippen molar-refractivity contribution >= 4 is 23.2 Å². The third kappa shape index (κ3) is 2.90. The number of carbonyl (C=O) groups is 2. The van der Waals surface area contributed by atoms with Crippen molar-refractivity contribution in [1.29, 1.82) is 5.41 Å². The van der Waals surface area contributed by atoms with E-state index >= 15 is 0 Å². The zero-order valence-electron chi connectivity index (χ0n) is 9.70. The van der Waals surface area contributed by atoms with Gasteiger partial charge < -0.3 is 10.4 Å². The summed E-state index contributed by atoms with van der Waals surface area (Å²) in [6, 6.07) is 4.37. The molecule has 5 nitrogen and oxygen atoms in total. The summed E-state index contributed by atoms with van der Waals surface area (Å²) < 4.78 is 0. The predicted molar refractivity (Wildman–Crippen MR) is 65.1 cm³/mol. The van der Waals surface area contributed by atoms with E-state index < -0.39 is 5.97 Å². The van der Waals surface area contributed by atoms with Crippen molar-refractivity contribution in [2.45, 2.75) is 13.3 Å². The Hall–Kier alpha value is -2.17. The van der Waals surface area contributed by atoms with E-state index in [0.29, 0.717) is 11.3 Å². The first-order valence-corrected chi connectivity index (χ1v) is 5.17. The molecule has 1 aromatic carbocycles. The van der Waals surface area contributed by atoms with E-state index in [-0.39, 0.29) is 23.5 Å². The van der Waals surface area contributed by atoms with Crippen molar-refractivity contribution < 1.29 is 14.7 Å². The quantitative estimate of drug-likeness (QED) is 0.677. The van der Waals surface area contributed by atoms with E-state index in [2.05, 4.69) is 5.32 Å². The molecule has 0 aliphatic rings. The number of ketones is 1. The molecule has 0 aliphatic carbocycles. The highest BCUT2D eigenvalue weighted by molar-refractivity contribution is 6.45. The minimum atomic E-state index is -1.08. The number of carboxylic acid groups (broad SMARTS) is 1. The predicted octanol–water partition coefficient (Wildman–Crippen LogP) is 1.77. The van der Waals surface area contributed by atoms with Crippen LogP contribution < -0.4 is 5.32 Å². The van der Waals surface area contributed by atoms with Crippen molar-refractivity contribution in [3.05, 3.63) is 29.3 Å². The van der Waals surface area contributed by atoms with Gasteiger partial charge in [-0.15, -0.1) is 0 Å². The molecule has 0 saturated carbocycles. The van der Waals surface area contributed by atoms with Gasteiger partial charge in [-0.05, 0) is 18.2 Å². The number of benzene rings is 1. The second kappa shape index (κ2) is 5.25. The Morgan fingerprint density at radius 3 is 2.35 bits per heavy atom. The van der Waals surface area contributed by atoms with Crippen LogP contribution in [-0.4, -0.2) is 29.6 Å². The fourth-order valence-electron chi connectivity index (χ4n) is 1.38. The summed E-state index contributed by atoms with van der Waals surface area (Å²) in [5.74, 6) is -1.39. The smallest absolute Gasteiger partial charge is 0.335 e. The Morgan fingerprint density at radius 2 is 1.88 bits per heavy atom. The minimum absolute atomic E-state index is 0.0560. The molecule has 3 N–H and O–H groups in total. The topological polar surface area (TPSA) is 90.3 Å². The fourth-order valence-corrected chi connectivity index (χ4v) is 1.38. The highest BCUT2D eigenvalue weighted by Gasteiger charge is 2.13. The van der Waals surface area contributed by atoms with Gasteiger partial charge in [-0.25, -0.2) is 4.79 Å². The lowest BCUT2D eigenvalue weighted by molar-refractivity contribution is -0.112. The van der Waals surface area contributed by atoms with Gasteiger partial charge in [0, 0.05) is 24.7 Å². The van der Waals surface area contributed by atoms with Crippen LogP contribution in [0.15, 0.2) is 18.2 Å². The number of aromatic carboxylic acids is 1. The molecule has 1 aromatic rings. The monoisotopic (exact) mass is 234 g/mol. The molecule has 0 atom stereocenters. The lowest BCUT2D eigenvalue weighted by Crippen LogP contribution is -2.14. The van der Waals surface area contributed by atoms with E-state index in [0.717, 1.165) is 0 Å². The molecule has 0 saturated heterocycles. The SMILES string of the molecule is CCC(=O)C(=N)c1cc(NC)cc(C(=O)O)c1. The van der Waals surface area contributed by atoms with Crippen LogP contribution in [-0.2, 0) is 4.79 Å². The van der Waals surface area contributed by atoms with Gasteiger partial charge in [-0.1, -0.05) is 6.92 Å². The summed E-state index contributed by atoms with van der Waals surface area (Å²) in [6.07, 6.45) is 0.227. The van der Waals surface area contributed by atoms with Gasteiger partial charge in [-0.3, -0.25) is 10.2 Å². The van der Waals surface area contributed by atoms with E-state index in [1.165, 1.54) is 12.1 Å². The van der Waals surface area contributed by atoms with Gasteiger partial charge in [-0.2, -0.15) is 0 Å². The Labute approximate surface area is 99.0 Å². The minimum Gasteiger partial charge on any atom is -0.478 e. The van der Waals surface area contributed by atoms with Crippen LogP contribution in [0.2, 0.25) is 0 Å². The molecule has 0 aromatic heterocycles. The number of hydrogen-bond donors (Lipinski definition) is 3. The van der Waals surface area contributed by atoms with E-state index in [4.69, 9.17) is 10.5 Å². The summed E-state index contributed by atoms with van der Waals surface area (Å²) in [7, 11) is 1.65. The Bertz CT molecular complexity index is 481. The van der Waals surface area contributed by atoms with Crippen LogP contribution >= 0.6 is 0 Å². The van der Waals surface area contributed by atoms with Crippen molar-refractivity contribution in [1.82, 2.24) is 0 Å². The van der Waals surface area contributed by atoms with Gasteiger partial charge in [0.25, 0.3) is 0 Å². The standard InChI is InChI=1S/C12H14N2O3/c1-3-10(15)11(13)7-4-8(12(16)17)6-9(5-7)14-2/h4-6,13-14H,3H2,1-2H3,(H,16,17). The number of rotatable bonds is 5. The zero-order chi connectivity index (χ0) is 13.0. The Morgan fingerprint density at radius 1 is 1.29 bits per heavy atom. The first kappa shape index (κ1) is 12.9. The summed E-state index contributed by atoms with van der Waals surface area (Å²) in [4.78, 5) is 22.3.